The Balaban J connectivity index is 1.79. The van der Waals surface area contributed by atoms with Crippen LogP contribution in [0.1, 0.15) is 27.5 Å². The van der Waals surface area contributed by atoms with Gasteiger partial charge < -0.3 is 5.32 Å². The van der Waals surface area contributed by atoms with Crippen LogP contribution in [0.5, 0.6) is 0 Å². The maximum atomic E-state index is 14.0. The zero-order chi connectivity index (χ0) is 23.5. The maximum Gasteiger partial charge on any atom is 0.252 e. The highest BCUT2D eigenvalue weighted by Gasteiger charge is 2.38. The van der Waals surface area contributed by atoms with Gasteiger partial charge >= 0.3 is 0 Å². The van der Waals surface area contributed by atoms with Crippen LogP contribution in [0.4, 0.5) is 4.39 Å². The van der Waals surface area contributed by atoms with E-state index in [4.69, 9.17) is 11.6 Å². The fourth-order valence-corrected chi connectivity index (χ4v) is 5.33. The predicted molar refractivity (Wildman–Crippen MR) is 120 cm³/mol. The van der Waals surface area contributed by atoms with Gasteiger partial charge in [-0.25, -0.2) is 26.6 Å². The Kier molecular flexibility index (Phi) is 4.96. The van der Waals surface area contributed by atoms with Crippen LogP contribution in [-0.2, 0) is 10.0 Å². The Labute approximate surface area is 193 Å². The van der Waals surface area contributed by atoms with Gasteiger partial charge in [0.15, 0.2) is 5.65 Å². The average Bonchev–Trinajstić information content (AvgIpc) is 3.38. The second-order valence-electron chi connectivity index (χ2n) is 7.78. The molecule has 1 aliphatic rings. The molecule has 1 unspecified atom stereocenters. The van der Waals surface area contributed by atoms with Crippen LogP contribution in [0, 0.1) is 5.82 Å². The summed E-state index contributed by atoms with van der Waals surface area (Å²) in [5.41, 5.74) is 2.46. The number of halogens is 2. The summed E-state index contributed by atoms with van der Waals surface area (Å²) in [5.74, 6) is -1.03. The molecule has 0 bridgehead atoms. The molecule has 8 nitrogen and oxygen atoms in total. The number of nitrogens with one attached hydrogen (secondary N) is 1. The standard InChI is InChI=1S/C22H17ClFN5O3S/c1-28(2)33(31,32)18-8-13(12-3-6-19-25-11-26-29(19)10-12)7-16-20(18)21(27-22(16)30)15-9-14(24)4-5-17(15)23/h3-11,21H,1-2H3,(H,27,30). The number of benzene rings is 2. The van der Waals surface area contributed by atoms with Gasteiger partial charge in [0.2, 0.25) is 10.0 Å². The highest BCUT2D eigenvalue weighted by atomic mass is 35.5. The number of aromatic nitrogens is 3. The van der Waals surface area contributed by atoms with Crippen molar-refractivity contribution >= 4 is 33.2 Å². The molecule has 5 rings (SSSR count). The van der Waals surface area contributed by atoms with Gasteiger partial charge in [-0.05, 0) is 48.0 Å². The van der Waals surface area contributed by atoms with Crippen molar-refractivity contribution in [2.45, 2.75) is 10.9 Å². The number of hydrogen-bond acceptors (Lipinski definition) is 5. The third kappa shape index (κ3) is 3.47. The molecule has 2 aromatic carbocycles. The predicted octanol–water partition coefficient (Wildman–Crippen LogP) is 3.27. The molecular weight excluding hydrogens is 469 g/mol. The first-order chi connectivity index (χ1) is 15.7. The second-order valence-corrected chi connectivity index (χ2v) is 10.3. The van der Waals surface area contributed by atoms with Crippen LogP contribution in [0.3, 0.4) is 0 Å². The number of fused-ring (bicyclic) bond motifs is 2. The third-order valence-corrected chi connectivity index (χ3v) is 7.79. The maximum absolute atomic E-state index is 14.0. The summed E-state index contributed by atoms with van der Waals surface area (Å²) < 4.78 is 43.3. The minimum absolute atomic E-state index is 0.0673. The van der Waals surface area contributed by atoms with Gasteiger partial charge in [-0.1, -0.05) is 11.6 Å². The van der Waals surface area contributed by atoms with Crippen molar-refractivity contribution < 1.29 is 17.6 Å². The molecule has 0 radical (unpaired) electrons. The number of amides is 1. The van der Waals surface area contributed by atoms with Gasteiger partial charge in [-0.15, -0.1) is 0 Å². The van der Waals surface area contributed by atoms with Crippen molar-refractivity contribution in [3.63, 3.8) is 0 Å². The Morgan fingerprint density at radius 3 is 2.67 bits per heavy atom. The van der Waals surface area contributed by atoms with Gasteiger partial charge in [0.1, 0.15) is 12.1 Å². The molecule has 0 spiro atoms. The van der Waals surface area contributed by atoms with Crippen molar-refractivity contribution in [1.82, 2.24) is 24.2 Å². The summed E-state index contributed by atoms with van der Waals surface area (Å²) in [7, 11) is -1.17. The van der Waals surface area contributed by atoms with E-state index in [0.29, 0.717) is 16.8 Å². The molecule has 33 heavy (non-hydrogen) atoms. The lowest BCUT2D eigenvalue weighted by Gasteiger charge is -2.20. The summed E-state index contributed by atoms with van der Waals surface area (Å²) in [5, 5.41) is 7.08. The van der Waals surface area contributed by atoms with Crippen LogP contribution in [0.25, 0.3) is 16.8 Å². The van der Waals surface area contributed by atoms with Crippen LogP contribution in [0.2, 0.25) is 5.02 Å². The lowest BCUT2D eigenvalue weighted by Crippen LogP contribution is -2.25. The van der Waals surface area contributed by atoms with Crippen LogP contribution in [-0.4, -0.2) is 47.3 Å². The van der Waals surface area contributed by atoms with Gasteiger partial charge in [0, 0.05) is 47.6 Å². The Hall–Kier alpha value is -3.34. The Morgan fingerprint density at radius 2 is 1.91 bits per heavy atom. The first-order valence-electron chi connectivity index (χ1n) is 9.83. The molecular formula is C22H17ClFN5O3S. The van der Waals surface area contributed by atoms with Gasteiger partial charge in [-0.2, -0.15) is 5.10 Å². The molecule has 2 aromatic heterocycles. The van der Waals surface area contributed by atoms with Crippen molar-refractivity contribution in [3.8, 4) is 11.1 Å². The fourth-order valence-electron chi connectivity index (χ4n) is 3.93. The molecule has 1 N–H and O–H groups in total. The number of pyridine rings is 1. The summed E-state index contributed by atoms with van der Waals surface area (Å²) in [4.78, 5) is 17.0. The highest BCUT2D eigenvalue weighted by molar-refractivity contribution is 7.89. The lowest BCUT2D eigenvalue weighted by atomic mass is 9.95. The van der Waals surface area contributed by atoms with E-state index >= 15 is 0 Å². The van der Waals surface area contributed by atoms with Crippen molar-refractivity contribution in [1.29, 1.82) is 0 Å². The fraction of sp³-hybridized carbons (Fsp3) is 0.136. The molecule has 0 fully saturated rings. The van der Waals surface area contributed by atoms with Gasteiger partial charge in [0.05, 0.1) is 10.9 Å². The van der Waals surface area contributed by atoms with E-state index in [0.717, 1.165) is 4.31 Å². The van der Waals surface area contributed by atoms with Crippen molar-refractivity contribution in [2.75, 3.05) is 14.1 Å². The molecule has 1 amide bonds. The van der Waals surface area contributed by atoms with Gasteiger partial charge in [-0.3, -0.25) is 4.79 Å². The van der Waals surface area contributed by atoms with E-state index in [1.807, 2.05) is 0 Å². The molecule has 0 saturated carbocycles. The van der Waals surface area contributed by atoms with Crippen LogP contribution < -0.4 is 5.32 Å². The molecule has 3 heterocycles. The van der Waals surface area contributed by atoms with Crippen molar-refractivity contribution in [2.24, 2.45) is 0 Å². The largest absolute Gasteiger partial charge is 0.341 e. The topological polar surface area (TPSA) is 96.7 Å². The number of hydrogen-bond donors (Lipinski definition) is 1. The smallest absolute Gasteiger partial charge is 0.252 e. The summed E-state index contributed by atoms with van der Waals surface area (Å²) in [6, 6.07) is 9.48. The Bertz CT molecular complexity index is 1550. The van der Waals surface area contributed by atoms with Crippen LogP contribution in [0.15, 0.2) is 59.9 Å². The molecule has 1 aliphatic heterocycles. The van der Waals surface area contributed by atoms with Crippen LogP contribution >= 0.6 is 11.6 Å². The summed E-state index contributed by atoms with van der Waals surface area (Å²) in [6.07, 6.45) is 3.11. The SMILES string of the molecule is CN(C)S(=O)(=O)c1cc(-c2ccc3ncnn3c2)cc2c1C(c1cc(F)ccc1Cl)NC2=O. The minimum Gasteiger partial charge on any atom is -0.341 e. The van der Waals surface area contributed by atoms with Crippen molar-refractivity contribution in [3.05, 3.63) is 82.5 Å². The highest BCUT2D eigenvalue weighted by Crippen LogP contribution is 2.41. The molecule has 168 valence electrons. The van der Waals surface area contributed by atoms with E-state index in [1.54, 1.807) is 28.9 Å². The monoisotopic (exact) mass is 485 g/mol. The van der Waals surface area contributed by atoms with Gasteiger partial charge in [0.25, 0.3) is 5.91 Å². The number of carbonyl (C=O) groups excluding carboxylic acids is 1. The molecule has 1 atom stereocenters. The minimum atomic E-state index is -3.98. The number of nitrogens with zero attached hydrogens (tertiary/aromatic N) is 4. The average molecular weight is 486 g/mol. The molecule has 0 aliphatic carbocycles. The normalized spacial score (nSPS) is 15.8. The zero-order valence-corrected chi connectivity index (χ0v) is 19.0. The summed E-state index contributed by atoms with van der Waals surface area (Å²) in [6.45, 7) is 0. The third-order valence-electron chi connectivity index (χ3n) is 5.59. The number of rotatable bonds is 4. The van der Waals surface area contributed by atoms with E-state index in [-0.39, 0.29) is 26.6 Å². The van der Waals surface area contributed by atoms with E-state index in [2.05, 4.69) is 15.4 Å². The second kappa shape index (κ2) is 7.62. The summed E-state index contributed by atoms with van der Waals surface area (Å²) >= 11 is 6.30. The molecule has 0 saturated heterocycles. The molecule has 4 aromatic rings. The Morgan fingerprint density at radius 1 is 1.12 bits per heavy atom. The van der Waals surface area contributed by atoms with E-state index < -0.39 is 27.8 Å². The van der Waals surface area contributed by atoms with E-state index in [1.165, 1.54) is 44.7 Å². The first-order valence-corrected chi connectivity index (χ1v) is 11.6. The lowest BCUT2D eigenvalue weighted by molar-refractivity contribution is 0.0960. The molecule has 11 heteroatoms. The number of sulfonamides is 1. The van der Waals surface area contributed by atoms with E-state index in [9.17, 15) is 17.6 Å². The quantitative estimate of drug-likeness (QED) is 0.478. The zero-order valence-electron chi connectivity index (χ0n) is 17.5. The first kappa shape index (κ1) is 21.5. The number of carbonyl (C=O) groups is 1.